The van der Waals surface area contributed by atoms with Gasteiger partial charge in [-0.2, -0.15) is 0 Å². The van der Waals surface area contributed by atoms with Gasteiger partial charge in [-0.25, -0.2) is 0 Å². The van der Waals surface area contributed by atoms with E-state index in [0.29, 0.717) is 0 Å². The quantitative estimate of drug-likeness (QED) is 0.533. The summed E-state index contributed by atoms with van der Waals surface area (Å²) in [6.07, 6.45) is 3.75. The third kappa shape index (κ3) is 2.73. The van der Waals surface area contributed by atoms with Gasteiger partial charge in [0.15, 0.2) is 0 Å². The highest BCUT2D eigenvalue weighted by molar-refractivity contribution is 5.85. The molecule has 26 heavy (non-hydrogen) atoms. The van der Waals surface area contributed by atoms with E-state index in [0.717, 1.165) is 23.7 Å². The second kappa shape index (κ2) is 6.29. The van der Waals surface area contributed by atoms with Crippen LogP contribution in [0.15, 0.2) is 54.7 Å². The van der Waals surface area contributed by atoms with Crippen molar-refractivity contribution in [3.05, 3.63) is 76.0 Å². The van der Waals surface area contributed by atoms with Crippen molar-refractivity contribution in [3.63, 3.8) is 0 Å². The Morgan fingerprint density at radius 2 is 2.08 bits per heavy atom. The third-order valence-electron chi connectivity index (χ3n) is 5.23. The molecule has 1 heterocycles. The number of aryl methyl sites for hydroxylation is 1. The van der Waals surface area contributed by atoms with Gasteiger partial charge in [-0.3, -0.25) is 14.9 Å². The normalized spacial score (nSPS) is 15.8. The first kappa shape index (κ1) is 16.3. The lowest BCUT2D eigenvalue weighted by atomic mass is 10.1. The first-order valence-corrected chi connectivity index (χ1v) is 8.61. The molecule has 0 spiro atoms. The van der Waals surface area contributed by atoms with Crippen molar-refractivity contribution >= 4 is 22.5 Å². The van der Waals surface area contributed by atoms with E-state index in [1.807, 2.05) is 34.8 Å². The second-order valence-electron chi connectivity index (χ2n) is 6.70. The molecule has 1 aliphatic carbocycles. The number of aromatic nitrogens is 1. The number of nitrogens with zero attached hydrogens (tertiary/aromatic N) is 3. The van der Waals surface area contributed by atoms with Crippen molar-refractivity contribution in [1.82, 2.24) is 9.47 Å². The Labute approximate surface area is 150 Å². The summed E-state index contributed by atoms with van der Waals surface area (Å²) in [5, 5.41) is 11.7. The van der Waals surface area contributed by atoms with Gasteiger partial charge in [0.2, 0.25) is 5.91 Å². The summed E-state index contributed by atoms with van der Waals surface area (Å²) >= 11 is 0. The summed E-state index contributed by atoms with van der Waals surface area (Å²) in [6.45, 7) is 0.219. The predicted molar refractivity (Wildman–Crippen MR) is 98.9 cm³/mol. The Hall–Kier alpha value is -3.15. The Morgan fingerprint density at radius 1 is 1.27 bits per heavy atom. The van der Waals surface area contributed by atoms with Crippen LogP contribution in [-0.4, -0.2) is 27.3 Å². The predicted octanol–water partition coefficient (Wildman–Crippen LogP) is 3.70. The molecular formula is C20H19N3O3. The second-order valence-corrected chi connectivity index (χ2v) is 6.70. The number of benzene rings is 2. The topological polar surface area (TPSA) is 68.4 Å². The lowest BCUT2D eigenvalue weighted by Gasteiger charge is -2.26. The number of rotatable bonds is 4. The van der Waals surface area contributed by atoms with Gasteiger partial charge < -0.3 is 9.47 Å². The van der Waals surface area contributed by atoms with E-state index in [1.54, 1.807) is 12.1 Å². The van der Waals surface area contributed by atoms with Crippen molar-refractivity contribution in [2.75, 3.05) is 7.05 Å². The average molecular weight is 349 g/mol. The van der Waals surface area contributed by atoms with Gasteiger partial charge in [0, 0.05) is 36.3 Å². The molecule has 2 aromatic carbocycles. The molecule has 1 atom stereocenters. The third-order valence-corrected chi connectivity index (χ3v) is 5.23. The zero-order valence-electron chi connectivity index (χ0n) is 14.5. The molecule has 0 fully saturated rings. The number of nitro benzene ring substituents is 1. The summed E-state index contributed by atoms with van der Waals surface area (Å²) in [5.41, 5.74) is 3.43. The number of hydrogen-bond acceptors (Lipinski definition) is 3. The Kier molecular flexibility index (Phi) is 3.95. The fraction of sp³-hybridized carbons (Fsp3) is 0.250. The van der Waals surface area contributed by atoms with Crippen LogP contribution >= 0.6 is 0 Å². The van der Waals surface area contributed by atoms with Crippen molar-refractivity contribution in [2.45, 2.75) is 25.4 Å². The SMILES string of the molecule is CN(C(=O)Cn1ccc2cc([N+](=O)[O-])ccc21)[C@@H]1CCc2ccccc21. The smallest absolute Gasteiger partial charge is 0.270 e. The van der Waals surface area contributed by atoms with Crippen LogP contribution in [0.1, 0.15) is 23.6 Å². The lowest BCUT2D eigenvalue weighted by molar-refractivity contribution is -0.384. The first-order valence-electron chi connectivity index (χ1n) is 8.61. The van der Waals surface area contributed by atoms with Crippen LogP contribution in [0.3, 0.4) is 0 Å². The van der Waals surface area contributed by atoms with Crippen LogP contribution in [0.4, 0.5) is 5.69 Å². The molecular weight excluding hydrogens is 330 g/mol. The molecule has 1 aliphatic rings. The molecule has 0 bridgehead atoms. The molecule has 3 aromatic rings. The molecule has 0 N–H and O–H groups in total. The van der Waals surface area contributed by atoms with Gasteiger partial charge in [0.25, 0.3) is 5.69 Å². The van der Waals surface area contributed by atoms with Crippen LogP contribution in [0.5, 0.6) is 0 Å². The van der Waals surface area contributed by atoms with Crippen LogP contribution < -0.4 is 0 Å². The minimum Gasteiger partial charge on any atom is -0.338 e. The number of likely N-dealkylation sites (N-methyl/N-ethyl adjacent to an activating group) is 1. The van der Waals surface area contributed by atoms with E-state index in [1.165, 1.54) is 23.3 Å². The van der Waals surface area contributed by atoms with E-state index >= 15 is 0 Å². The summed E-state index contributed by atoms with van der Waals surface area (Å²) in [5.74, 6) is 0.0301. The van der Waals surface area contributed by atoms with Gasteiger partial charge in [-0.05, 0) is 36.1 Å². The molecule has 0 saturated heterocycles. The first-order chi connectivity index (χ1) is 12.5. The van der Waals surface area contributed by atoms with Crippen molar-refractivity contribution < 1.29 is 9.72 Å². The number of nitro groups is 1. The summed E-state index contributed by atoms with van der Waals surface area (Å²) in [7, 11) is 1.85. The molecule has 132 valence electrons. The average Bonchev–Trinajstić information content (AvgIpc) is 3.25. The van der Waals surface area contributed by atoms with Gasteiger partial charge in [-0.15, -0.1) is 0 Å². The van der Waals surface area contributed by atoms with Crippen molar-refractivity contribution in [1.29, 1.82) is 0 Å². The standard InChI is InChI=1S/C20H19N3O3/c1-21(19-8-6-14-4-2-3-5-17(14)19)20(24)13-22-11-10-15-12-16(23(25)26)7-9-18(15)22/h2-5,7,9-12,19H,6,8,13H2,1H3/t19-/m1/s1. The van der Waals surface area contributed by atoms with E-state index in [2.05, 4.69) is 12.1 Å². The molecule has 6 heteroatoms. The summed E-state index contributed by atoms with van der Waals surface area (Å²) in [6, 6.07) is 14.9. The highest BCUT2D eigenvalue weighted by Gasteiger charge is 2.28. The Balaban J connectivity index is 1.55. The lowest BCUT2D eigenvalue weighted by Crippen LogP contribution is -2.32. The monoisotopic (exact) mass is 349 g/mol. The van der Waals surface area contributed by atoms with E-state index in [4.69, 9.17) is 0 Å². The maximum Gasteiger partial charge on any atom is 0.270 e. The van der Waals surface area contributed by atoms with Crippen LogP contribution in [0, 0.1) is 10.1 Å². The zero-order valence-corrected chi connectivity index (χ0v) is 14.5. The number of carbonyl (C=O) groups is 1. The summed E-state index contributed by atoms with van der Waals surface area (Å²) < 4.78 is 1.85. The Bertz CT molecular complexity index is 1010. The molecule has 1 amide bonds. The van der Waals surface area contributed by atoms with Crippen LogP contribution in [-0.2, 0) is 17.8 Å². The maximum atomic E-state index is 12.8. The fourth-order valence-corrected chi connectivity index (χ4v) is 3.81. The Morgan fingerprint density at radius 3 is 2.88 bits per heavy atom. The van der Waals surface area contributed by atoms with E-state index in [9.17, 15) is 14.9 Å². The van der Waals surface area contributed by atoms with E-state index in [-0.39, 0.29) is 24.2 Å². The van der Waals surface area contributed by atoms with Gasteiger partial charge >= 0.3 is 0 Å². The number of non-ortho nitro benzene ring substituents is 1. The molecule has 0 saturated carbocycles. The van der Waals surface area contributed by atoms with Gasteiger partial charge in [0.05, 0.1) is 11.0 Å². The number of fused-ring (bicyclic) bond motifs is 2. The number of hydrogen-bond donors (Lipinski definition) is 0. The highest BCUT2D eigenvalue weighted by Crippen LogP contribution is 2.35. The highest BCUT2D eigenvalue weighted by atomic mass is 16.6. The van der Waals surface area contributed by atoms with E-state index < -0.39 is 4.92 Å². The minimum atomic E-state index is -0.409. The number of amides is 1. The summed E-state index contributed by atoms with van der Waals surface area (Å²) in [4.78, 5) is 25.1. The van der Waals surface area contributed by atoms with Crippen LogP contribution in [0.2, 0.25) is 0 Å². The largest absolute Gasteiger partial charge is 0.338 e. The minimum absolute atomic E-state index is 0.0301. The van der Waals surface area contributed by atoms with Crippen molar-refractivity contribution in [2.24, 2.45) is 0 Å². The maximum absolute atomic E-state index is 12.8. The molecule has 0 aliphatic heterocycles. The van der Waals surface area contributed by atoms with Gasteiger partial charge in [-0.1, -0.05) is 24.3 Å². The number of carbonyl (C=O) groups excluding carboxylic acids is 1. The van der Waals surface area contributed by atoms with Crippen LogP contribution in [0.25, 0.3) is 10.9 Å². The van der Waals surface area contributed by atoms with Gasteiger partial charge in [0.1, 0.15) is 6.54 Å². The molecule has 0 unspecified atom stereocenters. The molecule has 4 rings (SSSR count). The van der Waals surface area contributed by atoms with Crippen molar-refractivity contribution in [3.8, 4) is 0 Å². The molecule has 1 aromatic heterocycles. The molecule has 6 nitrogen and oxygen atoms in total. The molecule has 0 radical (unpaired) electrons. The zero-order chi connectivity index (χ0) is 18.3. The fourth-order valence-electron chi connectivity index (χ4n) is 3.81.